The number of hydrogen-bond acceptors (Lipinski definition) is 3. The molecule has 0 radical (unpaired) electrons. The number of hydrogen-bond donors (Lipinski definition) is 1. The first-order chi connectivity index (χ1) is 9.19. The second-order valence-electron chi connectivity index (χ2n) is 5.42. The molecule has 3 heteroatoms. The van der Waals surface area contributed by atoms with Crippen molar-refractivity contribution in [1.29, 1.82) is 0 Å². The summed E-state index contributed by atoms with van der Waals surface area (Å²) in [6.45, 7) is 5.71. The Morgan fingerprint density at radius 2 is 2.11 bits per heavy atom. The molecule has 0 aromatic heterocycles. The molecule has 0 saturated carbocycles. The first kappa shape index (κ1) is 14.7. The van der Waals surface area contributed by atoms with Crippen molar-refractivity contribution in [2.45, 2.75) is 43.9 Å². The zero-order valence-corrected chi connectivity index (χ0v) is 13.1. The Balaban J connectivity index is 2.20. The van der Waals surface area contributed by atoms with Gasteiger partial charge in [0.1, 0.15) is 5.75 Å². The maximum atomic E-state index is 5.26. The highest BCUT2D eigenvalue weighted by Gasteiger charge is 2.38. The fraction of sp³-hybridized carbons (Fsp3) is 0.625. The molecule has 2 rings (SSSR count). The summed E-state index contributed by atoms with van der Waals surface area (Å²) in [5.41, 5.74) is 1.38. The molecule has 2 nitrogen and oxygen atoms in total. The molecule has 1 aromatic carbocycles. The van der Waals surface area contributed by atoms with E-state index in [1.54, 1.807) is 7.11 Å². The van der Waals surface area contributed by atoms with Gasteiger partial charge in [-0.2, -0.15) is 11.8 Å². The highest BCUT2D eigenvalue weighted by Crippen LogP contribution is 2.46. The number of benzene rings is 1. The van der Waals surface area contributed by atoms with E-state index in [0.717, 1.165) is 12.3 Å². The summed E-state index contributed by atoms with van der Waals surface area (Å²) in [6.07, 6.45) is 3.81. The molecule has 1 aliphatic heterocycles. The molecule has 2 atom stereocenters. The Morgan fingerprint density at radius 3 is 2.63 bits per heavy atom. The lowest BCUT2D eigenvalue weighted by Crippen LogP contribution is -2.38. The van der Waals surface area contributed by atoms with Crippen LogP contribution in [0.2, 0.25) is 0 Å². The maximum Gasteiger partial charge on any atom is 0.118 e. The molecule has 0 spiro atoms. The molecule has 1 N–H and O–H groups in total. The summed E-state index contributed by atoms with van der Waals surface area (Å²) < 4.78 is 5.58. The third kappa shape index (κ3) is 3.46. The van der Waals surface area contributed by atoms with Crippen LogP contribution in [0.15, 0.2) is 24.3 Å². The molecule has 0 aliphatic carbocycles. The van der Waals surface area contributed by atoms with E-state index in [4.69, 9.17) is 4.74 Å². The first-order valence-corrected chi connectivity index (χ1v) is 8.19. The molecular formula is C16H25NOS. The second kappa shape index (κ2) is 6.67. The molecule has 1 fully saturated rings. The summed E-state index contributed by atoms with van der Waals surface area (Å²) >= 11 is 2.11. The van der Waals surface area contributed by atoms with Crippen LogP contribution < -0.4 is 10.1 Å². The summed E-state index contributed by atoms with van der Waals surface area (Å²) in [7, 11) is 1.72. The second-order valence-corrected chi connectivity index (χ2v) is 7.05. The van der Waals surface area contributed by atoms with Crippen molar-refractivity contribution in [2.24, 2.45) is 0 Å². The first-order valence-electron chi connectivity index (χ1n) is 7.21. The van der Waals surface area contributed by atoms with Crippen molar-refractivity contribution in [1.82, 2.24) is 5.32 Å². The maximum absolute atomic E-state index is 5.26. The molecule has 0 amide bonds. The minimum Gasteiger partial charge on any atom is -0.497 e. The van der Waals surface area contributed by atoms with Crippen molar-refractivity contribution in [3.8, 4) is 5.75 Å². The molecule has 1 aliphatic rings. The zero-order chi connectivity index (χ0) is 13.7. The molecule has 1 saturated heterocycles. The number of thioether (sulfide) groups is 1. The molecular weight excluding hydrogens is 254 g/mol. The van der Waals surface area contributed by atoms with Gasteiger partial charge < -0.3 is 10.1 Å². The lowest BCUT2D eigenvalue weighted by Gasteiger charge is -2.34. The highest BCUT2D eigenvalue weighted by atomic mass is 32.2. The number of nitrogens with one attached hydrogen (secondary N) is 1. The van der Waals surface area contributed by atoms with Gasteiger partial charge in [0.15, 0.2) is 0 Å². The van der Waals surface area contributed by atoms with Crippen LogP contribution in [-0.4, -0.2) is 24.2 Å². The largest absolute Gasteiger partial charge is 0.497 e. The molecule has 2 unspecified atom stereocenters. The average Bonchev–Trinajstić information content (AvgIpc) is 2.87. The standard InChI is InChI=1S/C16H25NOS/c1-4-11-17-15(16(2)10-5-12-19-16)13-6-8-14(18-3)9-7-13/h6-9,15,17H,4-5,10-12H2,1-3H3. The number of rotatable bonds is 6. The van der Waals surface area contributed by atoms with Gasteiger partial charge >= 0.3 is 0 Å². The van der Waals surface area contributed by atoms with Crippen LogP contribution in [0.25, 0.3) is 0 Å². The topological polar surface area (TPSA) is 21.3 Å². The van der Waals surface area contributed by atoms with Gasteiger partial charge in [-0.15, -0.1) is 0 Å². The van der Waals surface area contributed by atoms with Crippen LogP contribution in [0, 0.1) is 0 Å². The monoisotopic (exact) mass is 279 g/mol. The van der Waals surface area contributed by atoms with Crippen LogP contribution in [0.4, 0.5) is 0 Å². The van der Waals surface area contributed by atoms with E-state index in [9.17, 15) is 0 Å². The van der Waals surface area contributed by atoms with Crippen LogP contribution in [0.5, 0.6) is 5.75 Å². The van der Waals surface area contributed by atoms with Crippen molar-refractivity contribution in [3.63, 3.8) is 0 Å². The average molecular weight is 279 g/mol. The van der Waals surface area contributed by atoms with E-state index < -0.39 is 0 Å². The third-order valence-electron chi connectivity index (χ3n) is 3.91. The van der Waals surface area contributed by atoms with E-state index in [2.05, 4.69) is 55.2 Å². The van der Waals surface area contributed by atoms with E-state index >= 15 is 0 Å². The Bertz CT molecular complexity index is 384. The minimum absolute atomic E-state index is 0.323. The fourth-order valence-electron chi connectivity index (χ4n) is 2.80. The third-order valence-corrected chi connectivity index (χ3v) is 5.50. The van der Waals surface area contributed by atoms with Crippen molar-refractivity contribution >= 4 is 11.8 Å². The molecule has 19 heavy (non-hydrogen) atoms. The van der Waals surface area contributed by atoms with Gasteiger partial charge in [0, 0.05) is 10.8 Å². The lowest BCUT2D eigenvalue weighted by atomic mass is 9.90. The van der Waals surface area contributed by atoms with Gasteiger partial charge in [0.25, 0.3) is 0 Å². The Labute approximate surface area is 121 Å². The number of methoxy groups -OCH3 is 1. The zero-order valence-electron chi connectivity index (χ0n) is 12.2. The van der Waals surface area contributed by atoms with Crippen LogP contribution in [0.1, 0.15) is 44.7 Å². The Hall–Kier alpha value is -0.670. The van der Waals surface area contributed by atoms with E-state index in [0.29, 0.717) is 10.8 Å². The lowest BCUT2D eigenvalue weighted by molar-refractivity contribution is 0.406. The van der Waals surface area contributed by atoms with Gasteiger partial charge in [-0.1, -0.05) is 19.1 Å². The molecule has 1 aromatic rings. The number of ether oxygens (including phenoxy) is 1. The summed E-state index contributed by atoms with van der Waals surface area (Å²) in [4.78, 5) is 0. The van der Waals surface area contributed by atoms with Crippen molar-refractivity contribution < 1.29 is 4.74 Å². The van der Waals surface area contributed by atoms with E-state index in [1.807, 2.05) is 0 Å². The molecule has 0 bridgehead atoms. The van der Waals surface area contributed by atoms with Crippen LogP contribution >= 0.6 is 11.8 Å². The van der Waals surface area contributed by atoms with Gasteiger partial charge in [0.2, 0.25) is 0 Å². The SMILES string of the molecule is CCCNC(c1ccc(OC)cc1)C1(C)CCCS1. The summed E-state index contributed by atoms with van der Waals surface area (Å²) in [5.74, 6) is 2.22. The van der Waals surface area contributed by atoms with E-state index in [1.165, 1.54) is 30.6 Å². The predicted molar refractivity (Wildman–Crippen MR) is 84.1 cm³/mol. The normalized spacial score (nSPS) is 24.4. The smallest absolute Gasteiger partial charge is 0.118 e. The fourth-order valence-corrected chi connectivity index (χ4v) is 4.23. The summed E-state index contributed by atoms with van der Waals surface area (Å²) in [6, 6.07) is 8.98. The minimum atomic E-state index is 0.323. The Morgan fingerprint density at radius 1 is 1.37 bits per heavy atom. The Kier molecular flexibility index (Phi) is 5.17. The highest BCUT2D eigenvalue weighted by molar-refractivity contribution is 8.00. The van der Waals surface area contributed by atoms with Gasteiger partial charge in [-0.05, 0) is 56.2 Å². The van der Waals surface area contributed by atoms with Gasteiger partial charge in [0.05, 0.1) is 7.11 Å². The van der Waals surface area contributed by atoms with Gasteiger partial charge in [-0.25, -0.2) is 0 Å². The van der Waals surface area contributed by atoms with Gasteiger partial charge in [-0.3, -0.25) is 0 Å². The van der Waals surface area contributed by atoms with Crippen LogP contribution in [0.3, 0.4) is 0 Å². The van der Waals surface area contributed by atoms with Crippen molar-refractivity contribution in [3.05, 3.63) is 29.8 Å². The van der Waals surface area contributed by atoms with Crippen molar-refractivity contribution in [2.75, 3.05) is 19.4 Å². The van der Waals surface area contributed by atoms with Crippen LogP contribution in [-0.2, 0) is 0 Å². The predicted octanol–water partition coefficient (Wildman–Crippen LogP) is 4.02. The quantitative estimate of drug-likeness (QED) is 0.849. The molecule has 106 valence electrons. The molecule has 1 heterocycles. The summed E-state index contributed by atoms with van der Waals surface area (Å²) in [5, 5.41) is 3.74. The van der Waals surface area contributed by atoms with E-state index in [-0.39, 0.29) is 0 Å².